The van der Waals surface area contributed by atoms with Gasteiger partial charge in [-0.3, -0.25) is 4.79 Å². The Balaban J connectivity index is 2.97. The van der Waals surface area contributed by atoms with Crippen LogP contribution in [0.25, 0.3) is 0 Å². The van der Waals surface area contributed by atoms with Crippen molar-refractivity contribution in [3.8, 4) is 0 Å². The van der Waals surface area contributed by atoms with Crippen LogP contribution in [0.15, 0.2) is 22.7 Å². The first-order valence-corrected chi connectivity index (χ1v) is 6.50. The first-order chi connectivity index (χ1) is 7.91. The summed E-state index contributed by atoms with van der Waals surface area (Å²) in [5.41, 5.74) is 0.578. The maximum Gasteiger partial charge on any atom is 0.325 e. The molecule has 0 aliphatic carbocycles. The van der Waals surface area contributed by atoms with Crippen molar-refractivity contribution in [2.24, 2.45) is 5.92 Å². The predicted octanol–water partition coefficient (Wildman–Crippen LogP) is 3.47. The average molecular weight is 321 g/mol. The maximum absolute atomic E-state index is 11.2. The summed E-state index contributed by atoms with van der Waals surface area (Å²) in [6.07, 6.45) is 0. The zero-order chi connectivity index (χ0) is 13.0. The van der Waals surface area contributed by atoms with E-state index >= 15 is 0 Å². The Labute approximate surface area is 114 Å². The number of rotatable bonds is 5. The fourth-order valence-corrected chi connectivity index (χ4v) is 2.03. The molecule has 0 amide bonds. The largest absolute Gasteiger partial charge is 0.480 e. The third kappa shape index (κ3) is 4.30. The minimum absolute atomic E-state index is 0.378. The van der Waals surface area contributed by atoms with Gasteiger partial charge in [-0.15, -0.1) is 0 Å². The van der Waals surface area contributed by atoms with Gasteiger partial charge in [0.15, 0.2) is 0 Å². The normalized spacial score (nSPS) is 12.8. The second kappa shape index (κ2) is 6.38. The quantitative estimate of drug-likeness (QED) is 0.873. The molecule has 3 nitrogen and oxygen atoms in total. The Morgan fingerprint density at radius 3 is 2.71 bits per heavy atom. The lowest BCUT2D eigenvalue weighted by atomic mass is 10.1. The zero-order valence-electron chi connectivity index (χ0n) is 9.71. The Bertz CT molecular complexity index is 409. The highest BCUT2D eigenvalue weighted by Gasteiger charge is 2.22. The van der Waals surface area contributed by atoms with E-state index in [1.54, 1.807) is 18.2 Å². The van der Waals surface area contributed by atoms with Crippen molar-refractivity contribution in [3.05, 3.63) is 33.3 Å². The summed E-state index contributed by atoms with van der Waals surface area (Å²) in [6, 6.07) is 4.43. The van der Waals surface area contributed by atoms with Crippen LogP contribution in [0.1, 0.15) is 25.5 Å². The van der Waals surface area contributed by atoms with E-state index in [-0.39, 0.29) is 0 Å². The number of carboxylic acid groups (broad SMARTS) is 1. The summed E-state index contributed by atoms with van der Waals surface area (Å²) < 4.78 is 0.814. The van der Waals surface area contributed by atoms with Crippen LogP contribution < -0.4 is 5.32 Å². The molecule has 0 aromatic heterocycles. The van der Waals surface area contributed by atoms with Crippen LogP contribution in [-0.2, 0) is 4.79 Å². The molecule has 17 heavy (non-hydrogen) atoms. The number of nitrogens with one attached hydrogen (secondary N) is 1. The first-order valence-electron chi connectivity index (χ1n) is 5.33. The SMILES string of the molecule is CC(C)CNC(C(=O)O)c1cc(Br)ccc1Cl. The van der Waals surface area contributed by atoms with E-state index in [2.05, 4.69) is 21.2 Å². The molecule has 1 unspecified atom stereocenters. The average Bonchev–Trinajstić information content (AvgIpc) is 2.22. The van der Waals surface area contributed by atoms with Gasteiger partial charge in [-0.25, -0.2) is 0 Å². The van der Waals surface area contributed by atoms with Crippen LogP contribution in [-0.4, -0.2) is 17.6 Å². The highest BCUT2D eigenvalue weighted by atomic mass is 79.9. The Morgan fingerprint density at radius 1 is 1.53 bits per heavy atom. The molecule has 0 aliphatic heterocycles. The summed E-state index contributed by atoms with van der Waals surface area (Å²) in [4.78, 5) is 11.2. The van der Waals surface area contributed by atoms with Crippen molar-refractivity contribution in [1.82, 2.24) is 5.32 Å². The second-order valence-electron chi connectivity index (χ2n) is 4.24. The zero-order valence-corrected chi connectivity index (χ0v) is 12.0. The molecule has 0 fully saturated rings. The lowest BCUT2D eigenvalue weighted by molar-refractivity contribution is -0.139. The molecule has 5 heteroatoms. The number of benzene rings is 1. The Morgan fingerprint density at radius 2 is 2.18 bits per heavy atom. The molecular formula is C12H15BrClNO2. The lowest BCUT2D eigenvalue weighted by Crippen LogP contribution is -2.31. The van der Waals surface area contributed by atoms with Crippen LogP contribution in [0.4, 0.5) is 0 Å². The highest BCUT2D eigenvalue weighted by Crippen LogP contribution is 2.27. The fraction of sp³-hybridized carbons (Fsp3) is 0.417. The van der Waals surface area contributed by atoms with Crippen molar-refractivity contribution < 1.29 is 9.90 Å². The number of halogens is 2. The van der Waals surface area contributed by atoms with Gasteiger partial charge in [-0.1, -0.05) is 41.4 Å². The Hall–Kier alpha value is -0.580. The summed E-state index contributed by atoms with van der Waals surface area (Å²) in [5, 5.41) is 12.7. The molecule has 0 saturated heterocycles. The van der Waals surface area contributed by atoms with Gasteiger partial charge in [-0.2, -0.15) is 0 Å². The molecule has 1 rings (SSSR count). The van der Waals surface area contributed by atoms with Crippen LogP contribution in [0, 0.1) is 5.92 Å². The molecule has 1 atom stereocenters. The molecule has 1 aromatic carbocycles. The summed E-state index contributed by atoms with van der Waals surface area (Å²) in [7, 11) is 0. The maximum atomic E-state index is 11.2. The minimum atomic E-state index is -0.925. The molecule has 2 N–H and O–H groups in total. The van der Waals surface area contributed by atoms with Gasteiger partial charge in [0.2, 0.25) is 0 Å². The number of carbonyl (C=O) groups is 1. The molecule has 0 saturated carbocycles. The number of aliphatic carboxylic acids is 1. The molecule has 0 heterocycles. The van der Waals surface area contributed by atoms with Crippen molar-refractivity contribution in [3.63, 3.8) is 0 Å². The fourth-order valence-electron chi connectivity index (χ4n) is 1.42. The van der Waals surface area contributed by atoms with Crippen molar-refractivity contribution in [1.29, 1.82) is 0 Å². The van der Waals surface area contributed by atoms with Crippen LogP contribution in [0.3, 0.4) is 0 Å². The molecule has 0 aliphatic rings. The van der Waals surface area contributed by atoms with E-state index in [9.17, 15) is 9.90 Å². The summed E-state index contributed by atoms with van der Waals surface area (Å²) in [5.74, 6) is -0.548. The molecule has 0 spiro atoms. The third-order valence-electron chi connectivity index (χ3n) is 2.25. The van der Waals surface area contributed by atoms with Gasteiger partial charge >= 0.3 is 5.97 Å². The van der Waals surface area contributed by atoms with E-state index in [4.69, 9.17) is 11.6 Å². The molecule has 94 valence electrons. The predicted molar refractivity (Wildman–Crippen MR) is 72.4 cm³/mol. The Kier molecular flexibility index (Phi) is 5.43. The van der Waals surface area contributed by atoms with E-state index in [1.165, 1.54) is 0 Å². The third-order valence-corrected chi connectivity index (χ3v) is 3.08. The summed E-state index contributed by atoms with van der Waals surface area (Å²) in [6.45, 7) is 4.67. The van der Waals surface area contributed by atoms with Crippen molar-refractivity contribution in [2.75, 3.05) is 6.54 Å². The van der Waals surface area contributed by atoms with Gasteiger partial charge in [0.25, 0.3) is 0 Å². The molecule has 1 aromatic rings. The van der Waals surface area contributed by atoms with E-state index < -0.39 is 12.0 Å². The second-order valence-corrected chi connectivity index (χ2v) is 5.56. The minimum Gasteiger partial charge on any atom is -0.480 e. The lowest BCUT2D eigenvalue weighted by Gasteiger charge is -2.17. The monoisotopic (exact) mass is 319 g/mol. The van der Waals surface area contributed by atoms with Gasteiger partial charge < -0.3 is 10.4 Å². The highest BCUT2D eigenvalue weighted by molar-refractivity contribution is 9.10. The van der Waals surface area contributed by atoms with E-state index in [0.717, 1.165) is 4.47 Å². The molecular weight excluding hydrogens is 305 g/mol. The molecule has 0 radical (unpaired) electrons. The van der Waals surface area contributed by atoms with E-state index in [0.29, 0.717) is 23.0 Å². The van der Waals surface area contributed by atoms with Gasteiger partial charge in [0.05, 0.1) is 0 Å². The van der Waals surface area contributed by atoms with Crippen molar-refractivity contribution in [2.45, 2.75) is 19.9 Å². The topological polar surface area (TPSA) is 49.3 Å². The van der Waals surface area contributed by atoms with Gasteiger partial charge in [-0.05, 0) is 36.2 Å². The standard InChI is InChI=1S/C12H15BrClNO2/c1-7(2)6-15-11(12(16)17)9-5-8(13)3-4-10(9)14/h3-5,7,11,15H,6H2,1-2H3,(H,16,17). The van der Waals surface area contributed by atoms with Crippen LogP contribution >= 0.6 is 27.5 Å². The number of hydrogen-bond acceptors (Lipinski definition) is 2. The summed E-state index contributed by atoms with van der Waals surface area (Å²) >= 11 is 9.34. The first kappa shape index (κ1) is 14.5. The van der Waals surface area contributed by atoms with Crippen molar-refractivity contribution >= 4 is 33.5 Å². The number of hydrogen-bond donors (Lipinski definition) is 2. The van der Waals surface area contributed by atoms with Crippen LogP contribution in [0.2, 0.25) is 5.02 Å². The van der Waals surface area contributed by atoms with Gasteiger partial charge in [0.1, 0.15) is 6.04 Å². The molecule has 0 bridgehead atoms. The number of carboxylic acids is 1. The van der Waals surface area contributed by atoms with Gasteiger partial charge in [0, 0.05) is 9.50 Å². The smallest absolute Gasteiger partial charge is 0.325 e. The van der Waals surface area contributed by atoms with Crippen LogP contribution in [0.5, 0.6) is 0 Å². The van der Waals surface area contributed by atoms with E-state index in [1.807, 2.05) is 13.8 Å².